The van der Waals surface area contributed by atoms with E-state index >= 15 is 0 Å². The van der Waals surface area contributed by atoms with E-state index in [4.69, 9.17) is 9.26 Å². The lowest BCUT2D eigenvalue weighted by molar-refractivity contribution is -0.145. The third kappa shape index (κ3) is 3.77. The molecule has 2 aromatic rings. The Morgan fingerprint density at radius 1 is 0.903 bits per heavy atom. The lowest BCUT2D eigenvalue weighted by atomic mass is 9.88. The monoisotopic (exact) mass is 426 g/mol. The number of anilines is 1. The molecule has 0 unspecified atom stereocenters. The second-order valence-corrected chi connectivity index (χ2v) is 9.02. The smallest absolute Gasteiger partial charge is 0.308 e. The van der Waals surface area contributed by atoms with Crippen molar-refractivity contribution in [3.63, 3.8) is 0 Å². The predicted octanol–water partition coefficient (Wildman–Crippen LogP) is 4.78. The van der Waals surface area contributed by atoms with Gasteiger partial charge >= 0.3 is 5.97 Å². The molecule has 1 saturated carbocycles. The molecule has 1 amide bonds. The van der Waals surface area contributed by atoms with Crippen LogP contribution in [0.4, 0.5) is 5.69 Å². The Bertz CT molecular complexity index is 1010. The van der Waals surface area contributed by atoms with Crippen molar-refractivity contribution in [2.75, 3.05) is 19.1 Å². The second-order valence-electron chi connectivity index (χ2n) is 9.02. The van der Waals surface area contributed by atoms with Crippen LogP contribution in [0.5, 0.6) is 0 Å². The molecule has 1 heterocycles. The lowest BCUT2D eigenvalue weighted by Gasteiger charge is -2.29. The highest BCUT2D eigenvalue weighted by Crippen LogP contribution is 2.46. The van der Waals surface area contributed by atoms with Crippen molar-refractivity contribution in [1.29, 1.82) is 0 Å². The molecule has 6 heteroatoms. The van der Waals surface area contributed by atoms with Crippen molar-refractivity contribution in [2.45, 2.75) is 67.2 Å². The highest BCUT2D eigenvalue weighted by Gasteiger charge is 2.46. The maximum Gasteiger partial charge on any atom is 0.308 e. The molecule has 0 radical (unpaired) electrons. The maximum atomic E-state index is 13.8. The van der Waals surface area contributed by atoms with Crippen molar-refractivity contribution in [3.05, 3.63) is 44.8 Å². The lowest BCUT2D eigenvalue weighted by Crippen LogP contribution is -2.35. The number of aromatic nitrogens is 1. The molecule has 0 N–H and O–H groups in total. The molecule has 0 aliphatic heterocycles. The minimum Gasteiger partial charge on any atom is -0.469 e. The molecular weight excluding hydrogens is 392 g/mol. The van der Waals surface area contributed by atoms with Gasteiger partial charge in [-0.2, -0.15) is 0 Å². The third-order valence-corrected chi connectivity index (χ3v) is 7.59. The average molecular weight is 427 g/mol. The van der Waals surface area contributed by atoms with Gasteiger partial charge in [-0.05, 0) is 89.1 Å². The van der Waals surface area contributed by atoms with Gasteiger partial charge in [-0.25, -0.2) is 0 Å². The number of rotatable bonds is 4. The Hall–Kier alpha value is -2.63. The van der Waals surface area contributed by atoms with E-state index in [-0.39, 0.29) is 29.6 Å². The van der Waals surface area contributed by atoms with Gasteiger partial charge in [-0.1, -0.05) is 5.16 Å². The van der Waals surface area contributed by atoms with Gasteiger partial charge in [0.25, 0.3) is 0 Å². The number of benzene rings is 1. The van der Waals surface area contributed by atoms with Crippen LogP contribution in [0.2, 0.25) is 0 Å². The van der Waals surface area contributed by atoms with Crippen LogP contribution in [0.1, 0.15) is 63.6 Å². The zero-order valence-electron chi connectivity index (χ0n) is 20.2. The molecule has 1 aliphatic carbocycles. The summed E-state index contributed by atoms with van der Waals surface area (Å²) in [5, 5.41) is 4.26. The van der Waals surface area contributed by atoms with Crippen molar-refractivity contribution in [3.8, 4) is 0 Å². The number of aryl methyl sites for hydroxylation is 1. The Kier molecular flexibility index (Phi) is 6.30. The summed E-state index contributed by atoms with van der Waals surface area (Å²) < 4.78 is 10.4. The first-order valence-electron chi connectivity index (χ1n) is 10.9. The molecule has 168 valence electrons. The van der Waals surface area contributed by atoms with Crippen LogP contribution in [0.3, 0.4) is 0 Å². The summed E-state index contributed by atoms with van der Waals surface area (Å²) in [4.78, 5) is 27.9. The molecule has 1 aromatic heterocycles. The first-order valence-corrected chi connectivity index (χ1v) is 10.9. The predicted molar refractivity (Wildman–Crippen MR) is 120 cm³/mol. The Morgan fingerprint density at radius 3 is 1.94 bits per heavy atom. The van der Waals surface area contributed by atoms with Crippen LogP contribution in [0.15, 0.2) is 4.52 Å². The van der Waals surface area contributed by atoms with Gasteiger partial charge < -0.3 is 14.2 Å². The maximum absolute atomic E-state index is 13.8. The quantitative estimate of drug-likeness (QED) is 0.658. The van der Waals surface area contributed by atoms with E-state index in [1.54, 1.807) is 4.90 Å². The highest BCUT2D eigenvalue weighted by molar-refractivity contribution is 5.97. The number of carbonyl (C=O) groups excluding carboxylic acids is 2. The number of methoxy groups -OCH3 is 1. The minimum absolute atomic E-state index is 0.00492. The van der Waals surface area contributed by atoms with Gasteiger partial charge in [0.2, 0.25) is 5.91 Å². The van der Waals surface area contributed by atoms with E-state index in [0.717, 1.165) is 33.8 Å². The summed E-state index contributed by atoms with van der Waals surface area (Å²) in [6.07, 6.45) is 0.988. The van der Waals surface area contributed by atoms with E-state index < -0.39 is 0 Å². The molecule has 31 heavy (non-hydrogen) atoms. The molecule has 3 atom stereocenters. The fraction of sp³-hybridized carbons (Fsp3) is 0.560. The Labute approximate surface area is 184 Å². The zero-order valence-corrected chi connectivity index (χ0v) is 20.2. The SMILES string of the molecule is COC(=O)[C@@H]1C[C@H](C(=O)N(C)c2c(C)c(C)c(C)c(C)c2C)[C@@H](c2noc(C)c2C)C1. The summed E-state index contributed by atoms with van der Waals surface area (Å²) in [5.41, 5.74) is 8.59. The Balaban J connectivity index is 2.03. The van der Waals surface area contributed by atoms with Crippen LogP contribution < -0.4 is 4.90 Å². The van der Waals surface area contributed by atoms with Gasteiger partial charge in [0, 0.05) is 30.1 Å². The number of nitrogens with zero attached hydrogens (tertiary/aromatic N) is 2. The average Bonchev–Trinajstić information content (AvgIpc) is 3.33. The summed E-state index contributed by atoms with van der Waals surface area (Å²) in [7, 11) is 3.24. The zero-order chi connectivity index (χ0) is 23.2. The Morgan fingerprint density at radius 2 is 1.45 bits per heavy atom. The number of carbonyl (C=O) groups is 2. The van der Waals surface area contributed by atoms with E-state index in [2.05, 4.69) is 39.8 Å². The van der Waals surface area contributed by atoms with E-state index in [0.29, 0.717) is 12.8 Å². The minimum atomic E-state index is -0.363. The number of hydrogen-bond acceptors (Lipinski definition) is 5. The normalized spacial score (nSPS) is 20.7. The van der Waals surface area contributed by atoms with Crippen LogP contribution in [-0.2, 0) is 14.3 Å². The summed E-state index contributed by atoms with van der Waals surface area (Å²) in [6.45, 7) is 14.3. The largest absolute Gasteiger partial charge is 0.469 e. The molecular formula is C25H34N2O4. The van der Waals surface area contributed by atoms with Gasteiger partial charge in [0.15, 0.2) is 0 Å². The number of hydrogen-bond donors (Lipinski definition) is 0. The summed E-state index contributed by atoms with van der Waals surface area (Å²) in [6, 6.07) is 0. The van der Waals surface area contributed by atoms with Gasteiger partial charge in [0.1, 0.15) is 5.76 Å². The highest BCUT2D eigenvalue weighted by atomic mass is 16.5. The topological polar surface area (TPSA) is 72.6 Å². The number of esters is 1. The van der Waals surface area contributed by atoms with Gasteiger partial charge in [0.05, 0.1) is 18.7 Å². The number of ether oxygens (including phenoxy) is 1. The van der Waals surface area contributed by atoms with Crippen molar-refractivity contribution >= 4 is 17.6 Å². The van der Waals surface area contributed by atoms with E-state index in [1.807, 2.05) is 20.9 Å². The second kappa shape index (κ2) is 8.48. The van der Waals surface area contributed by atoms with Crippen LogP contribution in [-0.4, -0.2) is 31.2 Å². The molecule has 3 rings (SSSR count). The molecule has 1 aromatic carbocycles. The third-order valence-electron chi connectivity index (χ3n) is 7.59. The van der Waals surface area contributed by atoms with Gasteiger partial charge in [-0.3, -0.25) is 9.59 Å². The molecule has 1 aliphatic rings. The standard InChI is InChI=1S/C25H34N2O4/c1-12-13(2)15(4)23(16(5)14(12)3)27(8)24(28)21-11-19(25(29)30-9)10-20(21)22-17(6)18(7)31-26-22/h19-21H,10-11H2,1-9H3/t19-,20-,21-/m0/s1. The molecule has 0 spiro atoms. The first kappa shape index (κ1) is 23.0. The van der Waals surface area contributed by atoms with Crippen molar-refractivity contribution < 1.29 is 18.8 Å². The molecule has 1 fully saturated rings. The van der Waals surface area contributed by atoms with Gasteiger partial charge in [-0.15, -0.1) is 0 Å². The van der Waals surface area contributed by atoms with E-state index in [9.17, 15) is 9.59 Å². The summed E-state index contributed by atoms with van der Waals surface area (Å²) in [5.74, 6) is -0.381. The summed E-state index contributed by atoms with van der Waals surface area (Å²) >= 11 is 0. The van der Waals surface area contributed by atoms with Crippen molar-refractivity contribution in [1.82, 2.24) is 5.16 Å². The van der Waals surface area contributed by atoms with Crippen LogP contribution in [0.25, 0.3) is 0 Å². The van der Waals surface area contributed by atoms with E-state index in [1.165, 1.54) is 23.8 Å². The fourth-order valence-electron chi connectivity index (χ4n) is 5.10. The number of amides is 1. The van der Waals surface area contributed by atoms with Crippen LogP contribution >= 0.6 is 0 Å². The molecule has 6 nitrogen and oxygen atoms in total. The molecule has 0 saturated heterocycles. The fourth-order valence-corrected chi connectivity index (χ4v) is 5.10. The van der Waals surface area contributed by atoms with Crippen LogP contribution in [0, 0.1) is 60.3 Å². The molecule has 0 bridgehead atoms. The first-order chi connectivity index (χ1) is 14.5. The van der Waals surface area contributed by atoms with Crippen molar-refractivity contribution in [2.24, 2.45) is 11.8 Å².